The van der Waals surface area contributed by atoms with Gasteiger partial charge in [0.2, 0.25) is 0 Å². The van der Waals surface area contributed by atoms with Gasteiger partial charge in [-0.1, -0.05) is 18.2 Å². The first-order valence-corrected chi connectivity index (χ1v) is 6.76. The van der Waals surface area contributed by atoms with Gasteiger partial charge in [0.1, 0.15) is 0 Å². The predicted molar refractivity (Wildman–Crippen MR) is 79.5 cm³/mol. The van der Waals surface area contributed by atoms with Crippen LogP contribution in [0.5, 0.6) is 0 Å². The fourth-order valence-corrected chi connectivity index (χ4v) is 1.94. The highest BCUT2D eigenvalue weighted by Crippen LogP contribution is 2.05. The first-order chi connectivity index (χ1) is 9.79. The normalized spacial score (nSPS) is 10.2. The van der Waals surface area contributed by atoms with E-state index in [4.69, 9.17) is 5.73 Å². The highest BCUT2D eigenvalue weighted by atomic mass is 16.1. The van der Waals surface area contributed by atoms with Crippen molar-refractivity contribution in [2.24, 2.45) is 5.73 Å². The Kier molecular flexibility index (Phi) is 5.26. The fourth-order valence-electron chi connectivity index (χ4n) is 1.94. The van der Waals surface area contributed by atoms with E-state index >= 15 is 0 Å². The van der Waals surface area contributed by atoms with Crippen LogP contribution in [0, 0.1) is 0 Å². The minimum absolute atomic E-state index is 0.0553. The minimum atomic E-state index is -0.0553. The van der Waals surface area contributed by atoms with Gasteiger partial charge in [-0.15, -0.1) is 0 Å². The number of hydrogen-bond donors (Lipinski definition) is 2. The third kappa shape index (κ3) is 4.17. The molecule has 1 aromatic carbocycles. The molecule has 4 nitrogen and oxygen atoms in total. The van der Waals surface area contributed by atoms with E-state index < -0.39 is 0 Å². The Morgan fingerprint density at radius 1 is 1.10 bits per heavy atom. The molecule has 3 N–H and O–H groups in total. The number of carbonyl (C=O) groups excluding carboxylic acids is 1. The smallest absolute Gasteiger partial charge is 0.251 e. The number of nitrogens with one attached hydrogen (secondary N) is 1. The Hall–Kier alpha value is -2.20. The summed E-state index contributed by atoms with van der Waals surface area (Å²) in [6.07, 6.45) is 3.33. The van der Waals surface area contributed by atoms with Crippen molar-refractivity contribution in [2.45, 2.75) is 12.8 Å². The Morgan fingerprint density at radius 2 is 1.90 bits per heavy atom. The van der Waals surface area contributed by atoms with Gasteiger partial charge in [0.15, 0.2) is 0 Å². The van der Waals surface area contributed by atoms with E-state index in [0.29, 0.717) is 18.7 Å². The maximum atomic E-state index is 11.9. The van der Waals surface area contributed by atoms with Crippen LogP contribution in [0.3, 0.4) is 0 Å². The Balaban J connectivity index is 1.82. The van der Waals surface area contributed by atoms with Crippen LogP contribution in [-0.4, -0.2) is 24.0 Å². The molecule has 0 aliphatic rings. The molecule has 0 bridgehead atoms. The summed E-state index contributed by atoms with van der Waals surface area (Å²) >= 11 is 0. The zero-order valence-corrected chi connectivity index (χ0v) is 11.4. The molecule has 2 rings (SSSR count). The maximum Gasteiger partial charge on any atom is 0.251 e. The van der Waals surface area contributed by atoms with Crippen LogP contribution in [-0.2, 0) is 12.8 Å². The van der Waals surface area contributed by atoms with E-state index in [9.17, 15) is 4.79 Å². The molecule has 0 saturated carbocycles. The second-order valence-electron chi connectivity index (χ2n) is 4.56. The van der Waals surface area contributed by atoms with Crippen LogP contribution < -0.4 is 11.1 Å². The number of aromatic nitrogens is 1. The number of nitrogens with two attached hydrogens (primary N) is 1. The van der Waals surface area contributed by atoms with Gasteiger partial charge >= 0.3 is 0 Å². The van der Waals surface area contributed by atoms with Gasteiger partial charge in [-0.25, -0.2) is 0 Å². The molecule has 0 fully saturated rings. The van der Waals surface area contributed by atoms with E-state index in [0.717, 1.165) is 24.1 Å². The summed E-state index contributed by atoms with van der Waals surface area (Å²) in [7, 11) is 0. The first kappa shape index (κ1) is 14.2. The largest absolute Gasteiger partial charge is 0.352 e. The predicted octanol–water partition coefficient (Wildman–Crippen LogP) is 1.56. The maximum absolute atomic E-state index is 11.9. The summed E-state index contributed by atoms with van der Waals surface area (Å²) in [6.45, 7) is 1.20. The van der Waals surface area contributed by atoms with Gasteiger partial charge in [-0.05, 0) is 42.8 Å². The number of rotatable bonds is 6. The minimum Gasteiger partial charge on any atom is -0.352 e. The third-order valence-electron chi connectivity index (χ3n) is 3.04. The summed E-state index contributed by atoms with van der Waals surface area (Å²) in [4.78, 5) is 16.2. The number of carbonyl (C=O) groups is 1. The first-order valence-electron chi connectivity index (χ1n) is 6.76. The molecule has 0 atom stereocenters. The Bertz CT molecular complexity index is 537. The van der Waals surface area contributed by atoms with E-state index in [-0.39, 0.29) is 5.91 Å². The van der Waals surface area contributed by atoms with Gasteiger partial charge in [0, 0.05) is 30.4 Å². The van der Waals surface area contributed by atoms with Crippen molar-refractivity contribution >= 4 is 5.91 Å². The van der Waals surface area contributed by atoms with Crippen LogP contribution in [0.25, 0.3) is 0 Å². The summed E-state index contributed by atoms with van der Waals surface area (Å²) in [5.41, 5.74) is 8.30. The lowest BCUT2D eigenvalue weighted by Gasteiger charge is -2.06. The molecular formula is C16H19N3O. The van der Waals surface area contributed by atoms with E-state index in [1.165, 1.54) is 0 Å². The summed E-state index contributed by atoms with van der Waals surface area (Å²) < 4.78 is 0. The molecule has 1 heterocycles. The summed E-state index contributed by atoms with van der Waals surface area (Å²) in [6, 6.07) is 13.3. The molecule has 4 heteroatoms. The number of hydrogen-bond acceptors (Lipinski definition) is 3. The van der Waals surface area contributed by atoms with Crippen molar-refractivity contribution in [3.63, 3.8) is 0 Å². The van der Waals surface area contributed by atoms with Crippen LogP contribution in [0.4, 0.5) is 0 Å². The summed E-state index contributed by atoms with van der Waals surface area (Å²) in [5, 5.41) is 2.90. The Labute approximate surface area is 119 Å². The average Bonchev–Trinajstić information content (AvgIpc) is 2.49. The lowest BCUT2D eigenvalue weighted by atomic mass is 10.1. The molecule has 1 aromatic heterocycles. The Morgan fingerprint density at radius 3 is 2.55 bits per heavy atom. The SMILES string of the molecule is NCCc1ccc(C(=O)NCCc2ccccn2)cc1. The van der Waals surface area contributed by atoms with Gasteiger partial charge in [-0.3, -0.25) is 9.78 Å². The van der Waals surface area contributed by atoms with Crippen LogP contribution in [0.1, 0.15) is 21.6 Å². The van der Waals surface area contributed by atoms with Gasteiger partial charge in [0.25, 0.3) is 5.91 Å². The molecule has 20 heavy (non-hydrogen) atoms. The number of pyridine rings is 1. The lowest BCUT2D eigenvalue weighted by molar-refractivity contribution is 0.0954. The molecule has 2 aromatic rings. The highest BCUT2D eigenvalue weighted by molar-refractivity contribution is 5.94. The fraction of sp³-hybridized carbons (Fsp3) is 0.250. The van der Waals surface area contributed by atoms with Crippen molar-refractivity contribution < 1.29 is 4.79 Å². The molecule has 104 valence electrons. The topological polar surface area (TPSA) is 68.0 Å². The van der Waals surface area contributed by atoms with Crippen molar-refractivity contribution in [1.82, 2.24) is 10.3 Å². The van der Waals surface area contributed by atoms with E-state index in [1.807, 2.05) is 42.5 Å². The molecule has 0 unspecified atom stereocenters. The average molecular weight is 269 g/mol. The van der Waals surface area contributed by atoms with Gasteiger partial charge in [-0.2, -0.15) is 0 Å². The molecule has 0 spiro atoms. The lowest BCUT2D eigenvalue weighted by Crippen LogP contribution is -2.25. The third-order valence-corrected chi connectivity index (χ3v) is 3.04. The van der Waals surface area contributed by atoms with Crippen molar-refractivity contribution in [2.75, 3.05) is 13.1 Å². The molecule has 0 radical (unpaired) electrons. The highest BCUT2D eigenvalue weighted by Gasteiger charge is 2.04. The standard InChI is InChI=1S/C16H19N3O/c17-10-8-13-4-6-14(7-5-13)16(20)19-12-9-15-3-1-2-11-18-15/h1-7,11H,8-10,12,17H2,(H,19,20). The molecule has 0 aliphatic heterocycles. The zero-order valence-electron chi connectivity index (χ0n) is 11.4. The van der Waals surface area contributed by atoms with Crippen LogP contribution in [0.15, 0.2) is 48.7 Å². The second-order valence-corrected chi connectivity index (χ2v) is 4.56. The molecular weight excluding hydrogens is 250 g/mol. The number of nitrogens with zero attached hydrogens (tertiary/aromatic N) is 1. The molecule has 0 saturated heterocycles. The number of amides is 1. The van der Waals surface area contributed by atoms with Gasteiger partial charge < -0.3 is 11.1 Å². The second kappa shape index (κ2) is 7.40. The summed E-state index contributed by atoms with van der Waals surface area (Å²) in [5.74, 6) is -0.0553. The van der Waals surface area contributed by atoms with Crippen LogP contribution in [0.2, 0.25) is 0 Å². The molecule has 1 amide bonds. The van der Waals surface area contributed by atoms with Crippen LogP contribution >= 0.6 is 0 Å². The van der Waals surface area contributed by atoms with E-state index in [1.54, 1.807) is 6.20 Å². The monoisotopic (exact) mass is 269 g/mol. The molecule has 0 aliphatic carbocycles. The number of benzene rings is 1. The van der Waals surface area contributed by atoms with Crippen molar-refractivity contribution in [3.8, 4) is 0 Å². The van der Waals surface area contributed by atoms with Crippen molar-refractivity contribution in [3.05, 3.63) is 65.5 Å². The zero-order chi connectivity index (χ0) is 14.2. The van der Waals surface area contributed by atoms with Gasteiger partial charge in [0.05, 0.1) is 0 Å². The van der Waals surface area contributed by atoms with Crippen molar-refractivity contribution in [1.29, 1.82) is 0 Å². The van der Waals surface area contributed by atoms with E-state index in [2.05, 4.69) is 10.3 Å². The quantitative estimate of drug-likeness (QED) is 0.836.